The molecule has 2 rings (SSSR count). The summed E-state index contributed by atoms with van der Waals surface area (Å²) in [7, 11) is 0. The molecule has 0 aliphatic heterocycles. The van der Waals surface area contributed by atoms with E-state index in [0.717, 1.165) is 6.42 Å². The van der Waals surface area contributed by atoms with Gasteiger partial charge in [-0.3, -0.25) is 0 Å². The highest BCUT2D eigenvalue weighted by molar-refractivity contribution is 5.39. The molecule has 0 amide bonds. The van der Waals surface area contributed by atoms with E-state index in [1.165, 1.54) is 27.8 Å². The van der Waals surface area contributed by atoms with Crippen LogP contribution in [0.15, 0.2) is 42.5 Å². The van der Waals surface area contributed by atoms with E-state index in [-0.39, 0.29) is 0 Å². The van der Waals surface area contributed by atoms with Gasteiger partial charge in [0.2, 0.25) is 0 Å². The zero-order valence-electron chi connectivity index (χ0n) is 10.2. The lowest BCUT2D eigenvalue weighted by Crippen LogP contribution is -1.97. The first-order valence-corrected chi connectivity index (χ1v) is 5.78. The van der Waals surface area contributed by atoms with E-state index >= 15 is 0 Å². The molecule has 0 heteroatoms. The normalized spacial score (nSPS) is 10.4. The smallest absolute Gasteiger partial charge is 0.00179 e. The zero-order valence-corrected chi connectivity index (χ0v) is 10.2. The van der Waals surface area contributed by atoms with Crippen LogP contribution in [-0.2, 0) is 6.42 Å². The standard InChI is InChI=1S/C16H18/c1-12-7-4-5-10-15(12)11-16-13(2)8-6-9-14(16)3/h4-10H,11H2,1-3H3. The number of benzene rings is 2. The average Bonchev–Trinajstić information content (AvgIpc) is 2.26. The van der Waals surface area contributed by atoms with Crippen molar-refractivity contribution in [2.75, 3.05) is 0 Å². The third kappa shape index (κ3) is 2.16. The quantitative estimate of drug-likeness (QED) is 0.696. The predicted molar refractivity (Wildman–Crippen MR) is 69.9 cm³/mol. The largest absolute Gasteiger partial charge is 0.0620 e. The molecule has 82 valence electrons. The first-order chi connectivity index (χ1) is 7.68. The van der Waals surface area contributed by atoms with Crippen molar-refractivity contribution in [2.45, 2.75) is 27.2 Å². The Bertz CT molecular complexity index is 475. The minimum absolute atomic E-state index is 1.05. The first kappa shape index (κ1) is 10.9. The Hall–Kier alpha value is -1.56. The van der Waals surface area contributed by atoms with Crippen LogP contribution in [0.2, 0.25) is 0 Å². The third-order valence-corrected chi connectivity index (χ3v) is 3.27. The molecule has 16 heavy (non-hydrogen) atoms. The van der Waals surface area contributed by atoms with Gasteiger partial charge in [-0.25, -0.2) is 0 Å². The molecule has 0 aliphatic rings. The molecule has 2 aromatic carbocycles. The van der Waals surface area contributed by atoms with Gasteiger partial charge in [-0.15, -0.1) is 0 Å². The Labute approximate surface area is 97.9 Å². The van der Waals surface area contributed by atoms with Crippen molar-refractivity contribution < 1.29 is 0 Å². The van der Waals surface area contributed by atoms with E-state index in [1.54, 1.807) is 0 Å². The van der Waals surface area contributed by atoms with Crippen molar-refractivity contribution in [1.82, 2.24) is 0 Å². The van der Waals surface area contributed by atoms with Gasteiger partial charge in [0.15, 0.2) is 0 Å². The minimum atomic E-state index is 1.05. The Morgan fingerprint density at radius 2 is 1.25 bits per heavy atom. The number of hydrogen-bond acceptors (Lipinski definition) is 0. The second-order valence-electron chi connectivity index (χ2n) is 4.47. The lowest BCUT2D eigenvalue weighted by Gasteiger charge is -2.11. The molecule has 0 spiro atoms. The SMILES string of the molecule is Cc1ccccc1Cc1c(C)cccc1C. The lowest BCUT2D eigenvalue weighted by atomic mass is 9.94. The maximum atomic E-state index is 2.22. The van der Waals surface area contributed by atoms with Crippen LogP contribution in [0.3, 0.4) is 0 Å². The number of hydrogen-bond donors (Lipinski definition) is 0. The lowest BCUT2D eigenvalue weighted by molar-refractivity contribution is 1.10. The van der Waals surface area contributed by atoms with Crippen LogP contribution in [0, 0.1) is 20.8 Å². The highest BCUT2D eigenvalue weighted by Crippen LogP contribution is 2.19. The van der Waals surface area contributed by atoms with Gasteiger partial charge >= 0.3 is 0 Å². The van der Waals surface area contributed by atoms with Crippen LogP contribution >= 0.6 is 0 Å². The van der Waals surface area contributed by atoms with E-state index in [4.69, 9.17) is 0 Å². The van der Waals surface area contributed by atoms with E-state index in [9.17, 15) is 0 Å². The molecule has 0 aliphatic carbocycles. The summed E-state index contributed by atoms with van der Waals surface area (Å²) in [5, 5.41) is 0. The van der Waals surface area contributed by atoms with Crippen LogP contribution in [0.5, 0.6) is 0 Å². The van der Waals surface area contributed by atoms with Crippen LogP contribution in [0.25, 0.3) is 0 Å². The fourth-order valence-electron chi connectivity index (χ4n) is 2.13. The fraction of sp³-hybridized carbons (Fsp3) is 0.250. The topological polar surface area (TPSA) is 0 Å². The summed E-state index contributed by atoms with van der Waals surface area (Å²) in [6.45, 7) is 6.57. The monoisotopic (exact) mass is 210 g/mol. The number of rotatable bonds is 2. The van der Waals surface area contributed by atoms with Crippen LogP contribution in [-0.4, -0.2) is 0 Å². The summed E-state index contributed by atoms with van der Waals surface area (Å²) >= 11 is 0. The molecule has 2 aromatic rings. The van der Waals surface area contributed by atoms with Gasteiger partial charge in [0.05, 0.1) is 0 Å². The third-order valence-electron chi connectivity index (χ3n) is 3.27. The molecule has 0 bridgehead atoms. The number of aryl methyl sites for hydroxylation is 3. The van der Waals surface area contributed by atoms with Gasteiger partial charge in [0.25, 0.3) is 0 Å². The highest BCUT2D eigenvalue weighted by Gasteiger charge is 2.04. The molecule has 0 atom stereocenters. The molecule has 0 N–H and O–H groups in total. The summed E-state index contributed by atoms with van der Waals surface area (Å²) < 4.78 is 0. The van der Waals surface area contributed by atoms with Crippen molar-refractivity contribution in [3.8, 4) is 0 Å². The molecular weight excluding hydrogens is 192 g/mol. The van der Waals surface area contributed by atoms with E-state index in [0.29, 0.717) is 0 Å². The summed E-state index contributed by atoms with van der Waals surface area (Å²) in [4.78, 5) is 0. The Morgan fingerprint density at radius 1 is 0.688 bits per heavy atom. The summed E-state index contributed by atoms with van der Waals surface area (Å²) in [5.41, 5.74) is 7.06. The van der Waals surface area contributed by atoms with E-state index < -0.39 is 0 Å². The maximum Gasteiger partial charge on any atom is -0.00179 e. The van der Waals surface area contributed by atoms with Gasteiger partial charge in [0.1, 0.15) is 0 Å². The Balaban J connectivity index is 2.38. The van der Waals surface area contributed by atoms with Crippen molar-refractivity contribution in [3.63, 3.8) is 0 Å². The van der Waals surface area contributed by atoms with Crippen LogP contribution < -0.4 is 0 Å². The average molecular weight is 210 g/mol. The second-order valence-corrected chi connectivity index (χ2v) is 4.47. The van der Waals surface area contributed by atoms with E-state index in [1.807, 2.05) is 0 Å². The van der Waals surface area contributed by atoms with Gasteiger partial charge in [-0.2, -0.15) is 0 Å². The summed E-state index contributed by atoms with van der Waals surface area (Å²) in [6.07, 6.45) is 1.05. The maximum absolute atomic E-state index is 2.22. The molecule has 0 saturated heterocycles. The molecule has 0 nitrogen and oxygen atoms in total. The summed E-state index contributed by atoms with van der Waals surface area (Å²) in [6, 6.07) is 15.1. The Morgan fingerprint density at radius 3 is 1.88 bits per heavy atom. The van der Waals surface area contributed by atoms with Crippen molar-refractivity contribution in [2.24, 2.45) is 0 Å². The van der Waals surface area contributed by atoms with Crippen molar-refractivity contribution in [3.05, 3.63) is 70.3 Å². The molecule has 0 unspecified atom stereocenters. The molecule has 0 fully saturated rings. The summed E-state index contributed by atoms with van der Waals surface area (Å²) in [5.74, 6) is 0. The van der Waals surface area contributed by atoms with Crippen LogP contribution in [0.1, 0.15) is 27.8 Å². The molecular formula is C16H18. The van der Waals surface area contributed by atoms with Crippen molar-refractivity contribution >= 4 is 0 Å². The van der Waals surface area contributed by atoms with Gasteiger partial charge in [0, 0.05) is 0 Å². The first-order valence-electron chi connectivity index (χ1n) is 5.78. The highest BCUT2D eigenvalue weighted by atomic mass is 14.1. The molecule has 0 saturated carbocycles. The van der Waals surface area contributed by atoms with Crippen molar-refractivity contribution in [1.29, 1.82) is 0 Å². The molecule has 0 aromatic heterocycles. The second kappa shape index (κ2) is 4.52. The van der Waals surface area contributed by atoms with Crippen LogP contribution in [0.4, 0.5) is 0 Å². The predicted octanol–water partition coefficient (Wildman–Crippen LogP) is 4.20. The van der Waals surface area contributed by atoms with Gasteiger partial charge < -0.3 is 0 Å². The Kier molecular flexibility index (Phi) is 3.09. The van der Waals surface area contributed by atoms with E-state index in [2.05, 4.69) is 63.2 Å². The minimum Gasteiger partial charge on any atom is -0.0620 e. The molecule has 0 radical (unpaired) electrons. The van der Waals surface area contributed by atoms with Gasteiger partial charge in [-0.1, -0.05) is 42.5 Å². The van der Waals surface area contributed by atoms with Gasteiger partial charge in [-0.05, 0) is 55.0 Å². The fourth-order valence-corrected chi connectivity index (χ4v) is 2.13. The molecule has 0 heterocycles. The zero-order chi connectivity index (χ0) is 11.5.